The highest BCUT2D eigenvalue weighted by molar-refractivity contribution is 6.55. The van der Waals surface area contributed by atoms with Crippen molar-refractivity contribution in [2.75, 3.05) is 4.81 Å². The lowest BCUT2D eigenvalue weighted by Crippen LogP contribution is -2.42. The van der Waals surface area contributed by atoms with Gasteiger partial charge in [-0.15, -0.1) is 0 Å². The van der Waals surface area contributed by atoms with Gasteiger partial charge in [-0.1, -0.05) is 45.9 Å². The number of anilines is 1. The number of nitrogens with zero attached hydrogens (tertiary/aromatic N) is 1. The van der Waals surface area contributed by atoms with E-state index in [-0.39, 0.29) is 0 Å². The average Bonchev–Trinajstić information content (AvgIpc) is 2.67. The van der Waals surface area contributed by atoms with Gasteiger partial charge in [-0.2, -0.15) is 0 Å². The van der Waals surface area contributed by atoms with Crippen molar-refractivity contribution >= 4 is 19.4 Å². The Morgan fingerprint density at radius 3 is 1.71 bits per heavy atom. The Bertz CT molecular complexity index is 568. The van der Waals surface area contributed by atoms with Gasteiger partial charge < -0.3 is 14.1 Å². The third-order valence-corrected chi connectivity index (χ3v) is 5.18. The maximum absolute atomic E-state index is 12.0. The monoisotopic (exact) mass is 331 g/mol. The van der Waals surface area contributed by atoms with Gasteiger partial charge in [0, 0.05) is 5.69 Å². The standard InChI is InChI=1S/C19H30BNO3/c1-13(2)15-10-9-11-16(14(3)4)17(15)21(12-22)20-23-18(5,6)19(7,8)24-20/h9-14H,1-8H3. The van der Waals surface area contributed by atoms with Gasteiger partial charge in [0.2, 0.25) is 6.41 Å². The summed E-state index contributed by atoms with van der Waals surface area (Å²) in [6, 6.07) is 6.21. The van der Waals surface area contributed by atoms with E-state index in [9.17, 15) is 4.79 Å². The van der Waals surface area contributed by atoms with Gasteiger partial charge in [-0.05, 0) is 50.7 Å². The molecule has 5 heteroatoms. The number of carbonyl (C=O) groups excluding carboxylic acids is 1. The second kappa shape index (κ2) is 6.53. The van der Waals surface area contributed by atoms with Gasteiger partial charge in [-0.3, -0.25) is 4.79 Å². The maximum atomic E-state index is 12.0. The largest absolute Gasteiger partial charge is 0.601 e. The fourth-order valence-electron chi connectivity index (χ4n) is 2.94. The average molecular weight is 331 g/mol. The lowest BCUT2D eigenvalue weighted by atomic mass is 9.89. The molecule has 0 saturated carbocycles. The van der Waals surface area contributed by atoms with E-state index >= 15 is 0 Å². The lowest BCUT2D eigenvalue weighted by molar-refractivity contribution is -0.106. The van der Waals surface area contributed by atoms with Crippen LogP contribution in [0.1, 0.15) is 78.4 Å². The molecule has 1 aliphatic rings. The number of rotatable bonds is 5. The van der Waals surface area contributed by atoms with E-state index in [2.05, 4.69) is 45.9 Å². The summed E-state index contributed by atoms with van der Waals surface area (Å²) in [4.78, 5) is 13.6. The van der Waals surface area contributed by atoms with E-state index in [0.717, 1.165) is 23.2 Å². The quantitative estimate of drug-likeness (QED) is 0.590. The third kappa shape index (κ3) is 3.24. The minimum atomic E-state index is -0.718. The summed E-state index contributed by atoms with van der Waals surface area (Å²) >= 11 is 0. The van der Waals surface area contributed by atoms with Crippen LogP contribution < -0.4 is 4.81 Å². The van der Waals surface area contributed by atoms with Crippen LogP contribution in [0.5, 0.6) is 0 Å². The molecular formula is C19H30BNO3. The zero-order valence-corrected chi connectivity index (χ0v) is 16.2. The molecule has 0 bridgehead atoms. The van der Waals surface area contributed by atoms with Crippen molar-refractivity contribution in [2.45, 2.75) is 78.4 Å². The number of amides is 1. The van der Waals surface area contributed by atoms with Gasteiger partial charge in [0.1, 0.15) is 0 Å². The summed E-state index contributed by atoms with van der Waals surface area (Å²) in [5.74, 6) is 0.590. The Morgan fingerprint density at radius 1 is 0.958 bits per heavy atom. The third-order valence-electron chi connectivity index (χ3n) is 5.18. The van der Waals surface area contributed by atoms with Crippen molar-refractivity contribution in [3.05, 3.63) is 29.3 Å². The summed E-state index contributed by atoms with van der Waals surface area (Å²) in [5.41, 5.74) is 2.20. The fourth-order valence-corrected chi connectivity index (χ4v) is 2.94. The summed E-state index contributed by atoms with van der Waals surface area (Å²) in [5, 5.41) is 0. The maximum Gasteiger partial charge on any atom is 0.601 e. The van der Waals surface area contributed by atoms with Crippen LogP contribution >= 0.6 is 0 Å². The molecule has 0 unspecified atom stereocenters. The van der Waals surface area contributed by atoms with Crippen LogP contribution in [-0.4, -0.2) is 24.9 Å². The van der Waals surface area contributed by atoms with E-state index in [4.69, 9.17) is 9.31 Å². The molecule has 0 aromatic heterocycles. The second-order valence-corrected chi connectivity index (χ2v) is 8.17. The molecule has 1 aliphatic heterocycles. The highest BCUT2D eigenvalue weighted by Gasteiger charge is 2.55. The van der Waals surface area contributed by atoms with Crippen molar-refractivity contribution < 1.29 is 14.1 Å². The minimum Gasteiger partial charge on any atom is -0.384 e. The topological polar surface area (TPSA) is 38.8 Å². The summed E-state index contributed by atoms with van der Waals surface area (Å²) < 4.78 is 12.2. The van der Waals surface area contributed by atoms with E-state index in [1.54, 1.807) is 4.81 Å². The predicted octanol–water partition coefficient (Wildman–Crippen LogP) is 4.49. The molecule has 132 valence electrons. The molecule has 4 nitrogen and oxygen atoms in total. The van der Waals surface area contributed by atoms with Crippen LogP contribution in [0.3, 0.4) is 0 Å². The first-order valence-corrected chi connectivity index (χ1v) is 8.74. The van der Waals surface area contributed by atoms with Crippen molar-refractivity contribution in [1.29, 1.82) is 0 Å². The van der Waals surface area contributed by atoms with Gasteiger partial charge >= 0.3 is 7.25 Å². The highest BCUT2D eigenvalue weighted by atomic mass is 16.7. The SMILES string of the molecule is CC(C)c1cccc(C(C)C)c1N(C=O)B1OC(C)(C)C(C)(C)O1. The molecule has 1 heterocycles. The molecule has 1 aromatic rings. The molecule has 0 radical (unpaired) electrons. The molecule has 0 N–H and O–H groups in total. The Balaban J connectivity index is 2.54. The van der Waals surface area contributed by atoms with Crippen molar-refractivity contribution in [2.24, 2.45) is 0 Å². The van der Waals surface area contributed by atoms with Gasteiger partial charge in [0.25, 0.3) is 0 Å². The van der Waals surface area contributed by atoms with E-state index in [1.165, 1.54) is 0 Å². The Hall–Kier alpha value is -1.33. The number of carbonyl (C=O) groups is 1. The Kier molecular flexibility index (Phi) is 5.17. The van der Waals surface area contributed by atoms with Gasteiger partial charge in [0.05, 0.1) is 11.2 Å². The molecule has 1 fully saturated rings. The molecule has 0 atom stereocenters. The number of benzene rings is 1. The van der Waals surface area contributed by atoms with Crippen molar-refractivity contribution in [1.82, 2.24) is 0 Å². The van der Waals surface area contributed by atoms with Crippen LogP contribution in [0.15, 0.2) is 18.2 Å². The first-order valence-electron chi connectivity index (χ1n) is 8.74. The smallest absolute Gasteiger partial charge is 0.384 e. The fraction of sp³-hybridized carbons (Fsp3) is 0.632. The zero-order chi connectivity index (χ0) is 18.3. The number of hydrogen-bond donors (Lipinski definition) is 0. The summed E-state index contributed by atoms with van der Waals surface area (Å²) in [6.45, 7) is 16.5. The van der Waals surface area contributed by atoms with Crippen LogP contribution in [0.2, 0.25) is 0 Å². The second-order valence-electron chi connectivity index (χ2n) is 8.17. The van der Waals surface area contributed by atoms with Crippen LogP contribution in [0, 0.1) is 0 Å². The molecule has 1 amide bonds. The number of hydrogen-bond acceptors (Lipinski definition) is 3. The van der Waals surface area contributed by atoms with Crippen molar-refractivity contribution in [3.8, 4) is 0 Å². The van der Waals surface area contributed by atoms with E-state index < -0.39 is 18.5 Å². The number of para-hydroxylation sites is 1. The van der Waals surface area contributed by atoms with Crippen LogP contribution in [0.25, 0.3) is 0 Å². The predicted molar refractivity (Wildman–Crippen MR) is 99.2 cm³/mol. The molecule has 1 saturated heterocycles. The minimum absolute atomic E-state index is 0.295. The van der Waals surface area contributed by atoms with E-state index in [0.29, 0.717) is 11.8 Å². The zero-order valence-electron chi connectivity index (χ0n) is 16.2. The molecule has 0 aliphatic carbocycles. The van der Waals surface area contributed by atoms with Gasteiger partial charge in [-0.25, -0.2) is 0 Å². The first kappa shape index (κ1) is 19.0. The normalized spacial score (nSPS) is 19.2. The summed E-state index contributed by atoms with van der Waals surface area (Å²) in [6.07, 6.45) is 0.829. The van der Waals surface area contributed by atoms with Crippen LogP contribution in [-0.2, 0) is 14.1 Å². The molecule has 0 spiro atoms. The molecule has 24 heavy (non-hydrogen) atoms. The Labute approximate surface area is 146 Å². The van der Waals surface area contributed by atoms with Crippen molar-refractivity contribution in [3.63, 3.8) is 0 Å². The lowest BCUT2D eigenvalue weighted by Gasteiger charge is -2.32. The highest BCUT2D eigenvalue weighted by Crippen LogP contribution is 2.41. The first-order chi connectivity index (χ1) is 11.0. The molecule has 1 aromatic carbocycles. The van der Waals surface area contributed by atoms with E-state index in [1.807, 2.05) is 27.7 Å². The Morgan fingerprint density at radius 2 is 1.38 bits per heavy atom. The van der Waals surface area contributed by atoms with Gasteiger partial charge in [0.15, 0.2) is 0 Å². The summed E-state index contributed by atoms with van der Waals surface area (Å²) in [7, 11) is -0.718. The molecule has 2 rings (SSSR count). The van der Waals surface area contributed by atoms with Crippen LogP contribution in [0.4, 0.5) is 5.69 Å². The molecular weight excluding hydrogens is 301 g/mol.